The Kier molecular flexibility index (Phi) is 5.84. The Bertz CT molecular complexity index is 1180. The van der Waals surface area contributed by atoms with Crippen molar-refractivity contribution in [2.24, 2.45) is 0 Å². The van der Waals surface area contributed by atoms with Crippen molar-refractivity contribution in [1.82, 2.24) is 4.98 Å². The van der Waals surface area contributed by atoms with Crippen molar-refractivity contribution in [2.45, 2.75) is 13.8 Å². The van der Waals surface area contributed by atoms with Crippen LogP contribution in [0.2, 0.25) is 5.02 Å². The highest BCUT2D eigenvalue weighted by molar-refractivity contribution is 7.09. The number of nitrogens with zero attached hydrogens (tertiary/aromatic N) is 2. The van der Waals surface area contributed by atoms with Crippen LogP contribution in [0.5, 0.6) is 11.5 Å². The van der Waals surface area contributed by atoms with Crippen molar-refractivity contribution < 1.29 is 19.1 Å². The predicted octanol–water partition coefficient (Wildman–Crippen LogP) is 4.45. The zero-order chi connectivity index (χ0) is 22.1. The number of rotatable bonds is 5. The maximum absolute atomic E-state index is 12.8. The molecule has 0 saturated heterocycles. The fraction of sp³-hybridized carbons (Fsp3) is 0.227. The number of aromatic nitrogens is 1. The molecule has 0 fully saturated rings. The van der Waals surface area contributed by atoms with Crippen LogP contribution in [0.3, 0.4) is 0 Å². The van der Waals surface area contributed by atoms with Crippen LogP contribution in [0.25, 0.3) is 11.3 Å². The Hall–Kier alpha value is -3.10. The summed E-state index contributed by atoms with van der Waals surface area (Å²) in [6.45, 7) is 3.47. The number of hydrogen-bond acceptors (Lipinski definition) is 6. The van der Waals surface area contributed by atoms with Crippen LogP contribution >= 0.6 is 22.9 Å². The van der Waals surface area contributed by atoms with Crippen LogP contribution in [-0.2, 0) is 9.59 Å². The number of aryl methyl sites for hydroxylation is 2. The van der Waals surface area contributed by atoms with Crippen molar-refractivity contribution in [3.8, 4) is 22.8 Å². The number of carbonyl (C=O) groups excluding carboxylic acids is 2. The molecule has 1 N–H and O–H groups in total. The highest BCUT2D eigenvalue weighted by Gasteiger charge is 2.28. The Morgan fingerprint density at radius 2 is 2.13 bits per heavy atom. The zero-order valence-electron chi connectivity index (χ0n) is 17.2. The lowest BCUT2D eigenvalue weighted by atomic mass is 10.1. The number of hydrogen-bond donors (Lipinski definition) is 1. The standard InChI is InChI=1S/C22H20ClN3O4S/c1-12-6-16(20(29-3)8-15(12)23)25-21(27)9-26-18-7-14(17-11-31-13(2)24-17)4-5-19(18)30-10-22(26)28/h4-8,11H,9-10H2,1-3H3,(H,25,27). The molecule has 1 aromatic heterocycles. The molecule has 4 rings (SSSR count). The number of amides is 2. The molecular formula is C22H20ClN3O4S. The number of ether oxygens (including phenoxy) is 2. The second kappa shape index (κ2) is 8.56. The first-order chi connectivity index (χ1) is 14.9. The third-order valence-corrected chi connectivity index (χ3v) is 6.05. The first-order valence-electron chi connectivity index (χ1n) is 9.49. The molecule has 0 atom stereocenters. The molecule has 0 spiro atoms. The maximum atomic E-state index is 12.8. The molecule has 1 aliphatic rings. The van der Waals surface area contributed by atoms with Gasteiger partial charge in [0.15, 0.2) is 6.61 Å². The van der Waals surface area contributed by atoms with Gasteiger partial charge in [0.05, 0.1) is 29.2 Å². The van der Waals surface area contributed by atoms with Crippen molar-refractivity contribution in [1.29, 1.82) is 0 Å². The summed E-state index contributed by atoms with van der Waals surface area (Å²) in [4.78, 5) is 31.3. The average molecular weight is 458 g/mol. The third kappa shape index (κ3) is 4.35. The maximum Gasteiger partial charge on any atom is 0.265 e. The minimum absolute atomic E-state index is 0.126. The van der Waals surface area contributed by atoms with Gasteiger partial charge in [0.1, 0.15) is 18.0 Å². The molecule has 7 nitrogen and oxygen atoms in total. The van der Waals surface area contributed by atoms with Gasteiger partial charge in [0.25, 0.3) is 5.91 Å². The van der Waals surface area contributed by atoms with E-state index in [-0.39, 0.29) is 25.0 Å². The fourth-order valence-electron chi connectivity index (χ4n) is 3.29. The van der Waals surface area contributed by atoms with Gasteiger partial charge >= 0.3 is 0 Å². The lowest BCUT2D eigenvalue weighted by Crippen LogP contribution is -2.43. The Morgan fingerprint density at radius 1 is 1.32 bits per heavy atom. The summed E-state index contributed by atoms with van der Waals surface area (Å²) in [7, 11) is 1.50. The third-order valence-electron chi connectivity index (χ3n) is 4.87. The predicted molar refractivity (Wildman–Crippen MR) is 122 cm³/mol. The van der Waals surface area contributed by atoms with Gasteiger partial charge in [-0.15, -0.1) is 11.3 Å². The summed E-state index contributed by atoms with van der Waals surface area (Å²) in [5.41, 5.74) is 3.49. The molecule has 0 saturated carbocycles. The summed E-state index contributed by atoms with van der Waals surface area (Å²) in [5.74, 6) is 0.325. The molecule has 2 amide bonds. The van der Waals surface area contributed by atoms with Crippen LogP contribution in [0.4, 0.5) is 11.4 Å². The molecule has 0 radical (unpaired) electrons. The lowest BCUT2D eigenvalue weighted by molar-refractivity contribution is -0.123. The molecule has 31 heavy (non-hydrogen) atoms. The van der Waals surface area contributed by atoms with Crippen LogP contribution < -0.4 is 19.7 Å². The summed E-state index contributed by atoms with van der Waals surface area (Å²) >= 11 is 7.68. The van der Waals surface area contributed by atoms with E-state index in [1.807, 2.05) is 31.4 Å². The first-order valence-corrected chi connectivity index (χ1v) is 10.7. The highest BCUT2D eigenvalue weighted by Crippen LogP contribution is 2.36. The minimum Gasteiger partial charge on any atom is -0.495 e. The molecule has 3 aromatic rings. The summed E-state index contributed by atoms with van der Waals surface area (Å²) < 4.78 is 10.9. The second-order valence-electron chi connectivity index (χ2n) is 7.05. The average Bonchev–Trinajstić information content (AvgIpc) is 3.18. The van der Waals surface area contributed by atoms with Gasteiger partial charge in [-0.1, -0.05) is 11.6 Å². The summed E-state index contributed by atoms with van der Waals surface area (Å²) in [5, 5.41) is 6.25. The summed E-state index contributed by atoms with van der Waals surface area (Å²) in [6, 6.07) is 8.88. The zero-order valence-corrected chi connectivity index (χ0v) is 18.8. The van der Waals surface area contributed by atoms with E-state index in [0.29, 0.717) is 27.9 Å². The lowest BCUT2D eigenvalue weighted by Gasteiger charge is -2.29. The molecule has 1 aliphatic heterocycles. The fourth-order valence-corrected chi connectivity index (χ4v) is 4.07. The van der Waals surface area contributed by atoms with E-state index in [2.05, 4.69) is 10.3 Å². The van der Waals surface area contributed by atoms with E-state index >= 15 is 0 Å². The Balaban J connectivity index is 1.60. The molecule has 2 aromatic carbocycles. The SMILES string of the molecule is COc1cc(Cl)c(C)cc1NC(=O)CN1C(=O)COc2ccc(-c3csc(C)n3)cc21. The second-order valence-corrected chi connectivity index (χ2v) is 8.52. The van der Waals surface area contributed by atoms with Crippen LogP contribution in [0.15, 0.2) is 35.7 Å². The van der Waals surface area contributed by atoms with Crippen LogP contribution in [0.1, 0.15) is 10.6 Å². The number of nitrogens with one attached hydrogen (secondary N) is 1. The van der Waals surface area contributed by atoms with Crippen molar-refractivity contribution >= 4 is 46.1 Å². The smallest absolute Gasteiger partial charge is 0.265 e. The van der Waals surface area contributed by atoms with E-state index in [4.69, 9.17) is 21.1 Å². The number of benzene rings is 2. The molecule has 2 heterocycles. The molecule has 0 bridgehead atoms. The monoisotopic (exact) mass is 457 g/mol. The van der Waals surface area contributed by atoms with Crippen molar-refractivity contribution in [2.75, 3.05) is 30.5 Å². The van der Waals surface area contributed by atoms with Crippen molar-refractivity contribution in [3.05, 3.63) is 51.3 Å². The van der Waals surface area contributed by atoms with E-state index in [1.165, 1.54) is 12.0 Å². The van der Waals surface area contributed by atoms with Gasteiger partial charge in [-0.3, -0.25) is 14.5 Å². The Labute approximate surface area is 188 Å². The molecule has 0 unspecified atom stereocenters. The molecule has 0 aliphatic carbocycles. The minimum atomic E-state index is -0.365. The largest absolute Gasteiger partial charge is 0.495 e. The topological polar surface area (TPSA) is 80.8 Å². The van der Waals surface area contributed by atoms with E-state index in [1.54, 1.807) is 29.5 Å². The van der Waals surface area contributed by atoms with Gasteiger partial charge < -0.3 is 14.8 Å². The molecule has 9 heteroatoms. The number of carbonyl (C=O) groups is 2. The van der Waals surface area contributed by atoms with Gasteiger partial charge in [-0.2, -0.15) is 0 Å². The van der Waals surface area contributed by atoms with E-state index in [9.17, 15) is 9.59 Å². The first kappa shape index (κ1) is 21.1. The highest BCUT2D eigenvalue weighted by atomic mass is 35.5. The van der Waals surface area contributed by atoms with Crippen LogP contribution in [-0.4, -0.2) is 37.1 Å². The molecular weight excluding hydrogens is 438 g/mol. The molecule has 160 valence electrons. The normalized spacial score (nSPS) is 12.9. The van der Waals surface area contributed by atoms with Gasteiger partial charge in [0, 0.05) is 22.0 Å². The number of halogens is 1. The Morgan fingerprint density at radius 3 is 2.84 bits per heavy atom. The van der Waals surface area contributed by atoms with Crippen LogP contribution in [0, 0.1) is 13.8 Å². The summed E-state index contributed by atoms with van der Waals surface area (Å²) in [6.07, 6.45) is 0. The number of fused-ring (bicyclic) bond motifs is 1. The van der Waals surface area contributed by atoms with Gasteiger partial charge in [0.2, 0.25) is 5.91 Å². The van der Waals surface area contributed by atoms with Gasteiger partial charge in [-0.05, 0) is 43.7 Å². The number of thiazole rings is 1. The van der Waals surface area contributed by atoms with Crippen molar-refractivity contribution in [3.63, 3.8) is 0 Å². The quantitative estimate of drug-likeness (QED) is 0.612. The number of methoxy groups -OCH3 is 1. The van der Waals surface area contributed by atoms with Gasteiger partial charge in [-0.25, -0.2) is 4.98 Å². The number of anilines is 2. The van der Waals surface area contributed by atoms with E-state index in [0.717, 1.165) is 21.8 Å². The van der Waals surface area contributed by atoms with E-state index < -0.39 is 0 Å².